The minimum atomic E-state index is -0.554. The van der Waals surface area contributed by atoms with Gasteiger partial charge >= 0.3 is 5.69 Å². The van der Waals surface area contributed by atoms with Crippen molar-refractivity contribution in [3.8, 4) is 11.5 Å². The van der Waals surface area contributed by atoms with E-state index >= 15 is 0 Å². The number of para-hydroxylation sites is 2. The molecule has 2 aromatic rings. The Bertz CT molecular complexity index is 557. The van der Waals surface area contributed by atoms with Gasteiger partial charge in [-0.2, -0.15) is 0 Å². The lowest BCUT2D eigenvalue weighted by molar-refractivity contribution is -0.386. The van der Waals surface area contributed by atoms with Gasteiger partial charge in [0.05, 0.1) is 10.6 Å². The van der Waals surface area contributed by atoms with Gasteiger partial charge < -0.3 is 10.5 Å². The lowest BCUT2D eigenvalue weighted by atomic mass is 10.3. The van der Waals surface area contributed by atoms with Gasteiger partial charge in [-0.1, -0.05) is 12.1 Å². The first kappa shape index (κ1) is 10.9. The highest BCUT2D eigenvalue weighted by Gasteiger charge is 2.15. The molecular formula is C11H9N3O3. The van der Waals surface area contributed by atoms with Crippen molar-refractivity contribution in [2.24, 2.45) is 0 Å². The summed E-state index contributed by atoms with van der Waals surface area (Å²) in [6.45, 7) is 0. The maximum Gasteiger partial charge on any atom is 0.329 e. The molecule has 0 aliphatic heterocycles. The first-order valence-electron chi connectivity index (χ1n) is 4.79. The highest BCUT2D eigenvalue weighted by molar-refractivity contribution is 5.55. The fourth-order valence-corrected chi connectivity index (χ4v) is 1.29. The topological polar surface area (TPSA) is 91.3 Å². The number of nitrogens with zero attached hydrogens (tertiary/aromatic N) is 2. The molecule has 17 heavy (non-hydrogen) atoms. The molecule has 1 heterocycles. The van der Waals surface area contributed by atoms with Crippen molar-refractivity contribution < 1.29 is 9.66 Å². The lowest BCUT2D eigenvalue weighted by Crippen LogP contribution is -1.96. The molecule has 2 rings (SSSR count). The normalized spacial score (nSPS) is 9.88. The molecule has 86 valence electrons. The molecule has 1 aromatic heterocycles. The van der Waals surface area contributed by atoms with E-state index < -0.39 is 4.92 Å². The summed E-state index contributed by atoms with van der Waals surface area (Å²) in [5, 5.41) is 10.8. The predicted molar refractivity (Wildman–Crippen MR) is 61.8 cm³/mol. The summed E-state index contributed by atoms with van der Waals surface area (Å²) in [4.78, 5) is 13.9. The van der Waals surface area contributed by atoms with Crippen LogP contribution in [0.2, 0.25) is 0 Å². The summed E-state index contributed by atoms with van der Waals surface area (Å²) < 4.78 is 5.39. The number of pyridine rings is 1. The molecule has 0 spiro atoms. The first-order chi connectivity index (χ1) is 8.18. The van der Waals surface area contributed by atoms with E-state index in [4.69, 9.17) is 10.5 Å². The van der Waals surface area contributed by atoms with Crippen molar-refractivity contribution in [1.82, 2.24) is 4.98 Å². The van der Waals surface area contributed by atoms with Crippen LogP contribution in [0.5, 0.6) is 11.5 Å². The molecule has 6 nitrogen and oxygen atoms in total. The Kier molecular flexibility index (Phi) is 2.87. The van der Waals surface area contributed by atoms with Crippen LogP contribution in [0.25, 0.3) is 0 Å². The third kappa shape index (κ3) is 2.31. The van der Waals surface area contributed by atoms with Crippen LogP contribution < -0.4 is 10.5 Å². The number of hydrogen-bond acceptors (Lipinski definition) is 5. The lowest BCUT2D eigenvalue weighted by Gasteiger charge is -2.07. The second kappa shape index (κ2) is 4.48. The minimum absolute atomic E-state index is 0.114. The molecule has 0 saturated heterocycles. The van der Waals surface area contributed by atoms with Crippen molar-refractivity contribution >= 4 is 11.4 Å². The molecule has 2 N–H and O–H groups in total. The number of ether oxygens (including phenoxy) is 1. The van der Waals surface area contributed by atoms with Gasteiger partial charge in [0.25, 0.3) is 0 Å². The van der Waals surface area contributed by atoms with E-state index in [9.17, 15) is 10.1 Å². The molecule has 0 amide bonds. The maximum atomic E-state index is 10.8. The van der Waals surface area contributed by atoms with Crippen molar-refractivity contribution in [1.29, 1.82) is 0 Å². The van der Waals surface area contributed by atoms with Gasteiger partial charge in [-0.05, 0) is 12.1 Å². The third-order valence-electron chi connectivity index (χ3n) is 2.10. The second-order valence-electron chi connectivity index (χ2n) is 3.24. The number of nitrogen functional groups attached to an aromatic ring is 1. The highest BCUT2D eigenvalue weighted by atomic mass is 16.6. The Hall–Kier alpha value is -2.63. The molecule has 0 fully saturated rings. The SMILES string of the molecule is Nc1ccccc1Oc1ccncc1[N+](=O)[O-]. The third-order valence-corrected chi connectivity index (χ3v) is 2.10. The van der Waals surface area contributed by atoms with E-state index in [1.165, 1.54) is 12.3 Å². The molecule has 0 atom stereocenters. The molecule has 0 aliphatic rings. The van der Waals surface area contributed by atoms with E-state index in [0.717, 1.165) is 6.20 Å². The molecule has 0 bridgehead atoms. The summed E-state index contributed by atoms with van der Waals surface area (Å²) in [6.07, 6.45) is 2.55. The molecular weight excluding hydrogens is 222 g/mol. The van der Waals surface area contributed by atoms with Crippen LogP contribution in [-0.4, -0.2) is 9.91 Å². The van der Waals surface area contributed by atoms with E-state index in [1.54, 1.807) is 24.3 Å². The average Bonchev–Trinajstić information content (AvgIpc) is 2.32. The van der Waals surface area contributed by atoms with Crippen LogP contribution in [0, 0.1) is 10.1 Å². The minimum Gasteiger partial charge on any atom is -0.448 e. The smallest absolute Gasteiger partial charge is 0.329 e. The number of anilines is 1. The number of hydrogen-bond donors (Lipinski definition) is 1. The first-order valence-corrected chi connectivity index (χ1v) is 4.79. The Morgan fingerprint density at radius 1 is 1.24 bits per heavy atom. The Balaban J connectivity index is 2.37. The Morgan fingerprint density at radius 3 is 2.71 bits per heavy atom. The quantitative estimate of drug-likeness (QED) is 0.497. The molecule has 0 saturated carbocycles. The second-order valence-corrected chi connectivity index (χ2v) is 3.24. The molecule has 6 heteroatoms. The van der Waals surface area contributed by atoms with Crippen molar-refractivity contribution in [2.75, 3.05) is 5.73 Å². The van der Waals surface area contributed by atoms with Gasteiger partial charge in [0, 0.05) is 12.3 Å². The van der Waals surface area contributed by atoms with Crippen LogP contribution in [0.15, 0.2) is 42.7 Å². The largest absolute Gasteiger partial charge is 0.448 e. The van der Waals surface area contributed by atoms with Crippen LogP contribution in [-0.2, 0) is 0 Å². The Labute approximate surface area is 96.8 Å². The summed E-state index contributed by atoms with van der Waals surface area (Å²) in [7, 11) is 0. The number of rotatable bonds is 3. The van der Waals surface area contributed by atoms with Crippen LogP contribution >= 0.6 is 0 Å². The van der Waals surface area contributed by atoms with E-state index in [-0.39, 0.29) is 11.4 Å². The zero-order chi connectivity index (χ0) is 12.3. The maximum absolute atomic E-state index is 10.8. The van der Waals surface area contributed by atoms with Gasteiger partial charge in [-0.3, -0.25) is 15.1 Å². The predicted octanol–water partition coefficient (Wildman–Crippen LogP) is 2.36. The molecule has 0 radical (unpaired) electrons. The number of nitrogens with two attached hydrogens (primary N) is 1. The fourth-order valence-electron chi connectivity index (χ4n) is 1.29. The van der Waals surface area contributed by atoms with Crippen LogP contribution in [0.3, 0.4) is 0 Å². The number of nitro groups is 1. The van der Waals surface area contributed by atoms with E-state index in [0.29, 0.717) is 11.4 Å². The van der Waals surface area contributed by atoms with Crippen molar-refractivity contribution in [2.45, 2.75) is 0 Å². The zero-order valence-electron chi connectivity index (χ0n) is 8.74. The molecule has 0 unspecified atom stereocenters. The number of aromatic nitrogens is 1. The molecule has 1 aromatic carbocycles. The fraction of sp³-hybridized carbons (Fsp3) is 0. The molecule has 0 aliphatic carbocycles. The van der Waals surface area contributed by atoms with Gasteiger partial charge in [-0.15, -0.1) is 0 Å². The van der Waals surface area contributed by atoms with Crippen LogP contribution in [0.4, 0.5) is 11.4 Å². The van der Waals surface area contributed by atoms with Gasteiger partial charge in [0.15, 0.2) is 5.75 Å². The van der Waals surface area contributed by atoms with Crippen LogP contribution in [0.1, 0.15) is 0 Å². The van der Waals surface area contributed by atoms with E-state index in [1.807, 2.05) is 0 Å². The highest BCUT2D eigenvalue weighted by Crippen LogP contribution is 2.32. The van der Waals surface area contributed by atoms with Gasteiger partial charge in [-0.25, -0.2) is 0 Å². The van der Waals surface area contributed by atoms with Gasteiger partial charge in [0.2, 0.25) is 5.75 Å². The summed E-state index contributed by atoms with van der Waals surface area (Å²) in [5.74, 6) is 0.490. The average molecular weight is 231 g/mol. The number of benzene rings is 1. The summed E-state index contributed by atoms with van der Waals surface area (Å²) in [6, 6.07) is 8.20. The summed E-state index contributed by atoms with van der Waals surface area (Å²) in [5.41, 5.74) is 5.90. The monoisotopic (exact) mass is 231 g/mol. The summed E-state index contributed by atoms with van der Waals surface area (Å²) >= 11 is 0. The Morgan fingerprint density at radius 2 is 2.00 bits per heavy atom. The zero-order valence-corrected chi connectivity index (χ0v) is 8.74. The standard InChI is InChI=1S/C11H9N3O3/c12-8-3-1-2-4-10(8)17-11-5-6-13-7-9(11)14(15)16/h1-7H,12H2. The van der Waals surface area contributed by atoms with E-state index in [2.05, 4.69) is 4.98 Å². The van der Waals surface area contributed by atoms with Crippen molar-refractivity contribution in [3.63, 3.8) is 0 Å². The van der Waals surface area contributed by atoms with Gasteiger partial charge in [0.1, 0.15) is 6.20 Å². The van der Waals surface area contributed by atoms with Crippen molar-refractivity contribution in [3.05, 3.63) is 52.8 Å².